The second kappa shape index (κ2) is 8.56. The molecule has 2 aromatic carbocycles. The van der Waals surface area contributed by atoms with Crippen LogP contribution in [0.1, 0.15) is 36.4 Å². The summed E-state index contributed by atoms with van der Waals surface area (Å²) in [6, 6.07) is 14.6. The molecule has 3 rings (SSSR count). The maximum absolute atomic E-state index is 12.7. The number of aliphatic carboxylic acids is 1. The maximum Gasteiger partial charge on any atom is 0.303 e. The van der Waals surface area contributed by atoms with E-state index in [1.54, 1.807) is 14.2 Å². The molecule has 0 fully saturated rings. The molecule has 0 bridgehead atoms. The molecule has 1 atom stereocenters. The SMILES string of the molecule is COc1ccc(C2=NN(C(=O)CCC(=O)O)C(c3ccccc3OC)C2)cc1. The van der Waals surface area contributed by atoms with Crippen LogP contribution in [0.5, 0.6) is 11.5 Å². The lowest BCUT2D eigenvalue weighted by molar-refractivity contribution is -0.141. The van der Waals surface area contributed by atoms with Gasteiger partial charge in [0.25, 0.3) is 0 Å². The van der Waals surface area contributed by atoms with Crippen LogP contribution in [0.4, 0.5) is 0 Å². The Morgan fingerprint density at radius 1 is 1.07 bits per heavy atom. The van der Waals surface area contributed by atoms with Gasteiger partial charge in [0, 0.05) is 18.4 Å². The highest BCUT2D eigenvalue weighted by Crippen LogP contribution is 2.37. The lowest BCUT2D eigenvalue weighted by atomic mass is 9.97. The van der Waals surface area contributed by atoms with Crippen molar-refractivity contribution >= 4 is 17.6 Å². The third-order valence-corrected chi connectivity index (χ3v) is 4.64. The molecule has 7 heteroatoms. The minimum absolute atomic E-state index is 0.111. The molecular weight excluding hydrogens is 360 g/mol. The second-order valence-corrected chi connectivity index (χ2v) is 6.37. The molecule has 28 heavy (non-hydrogen) atoms. The Balaban J connectivity index is 1.93. The van der Waals surface area contributed by atoms with Gasteiger partial charge in [0.2, 0.25) is 5.91 Å². The Bertz CT molecular complexity index is 892. The number of carboxylic acid groups (broad SMARTS) is 1. The molecule has 0 radical (unpaired) electrons. The molecular formula is C21H22N2O5. The summed E-state index contributed by atoms with van der Waals surface area (Å²) >= 11 is 0. The van der Waals surface area contributed by atoms with Crippen LogP contribution in [-0.2, 0) is 9.59 Å². The van der Waals surface area contributed by atoms with Crippen LogP contribution < -0.4 is 9.47 Å². The molecule has 0 aromatic heterocycles. The van der Waals surface area contributed by atoms with E-state index in [1.807, 2.05) is 48.5 Å². The number of ether oxygens (including phenoxy) is 2. The van der Waals surface area contributed by atoms with Gasteiger partial charge in [-0.15, -0.1) is 0 Å². The monoisotopic (exact) mass is 382 g/mol. The third-order valence-electron chi connectivity index (χ3n) is 4.64. The number of carbonyl (C=O) groups is 2. The van der Waals surface area contributed by atoms with Gasteiger partial charge in [0.1, 0.15) is 11.5 Å². The second-order valence-electron chi connectivity index (χ2n) is 6.37. The molecule has 0 saturated heterocycles. The lowest BCUT2D eigenvalue weighted by Crippen LogP contribution is -2.27. The Labute approximate surface area is 163 Å². The summed E-state index contributed by atoms with van der Waals surface area (Å²) in [6.07, 6.45) is 0.160. The highest BCUT2D eigenvalue weighted by molar-refractivity contribution is 6.03. The average molecular weight is 382 g/mol. The number of benzene rings is 2. The zero-order chi connectivity index (χ0) is 20.1. The molecule has 1 unspecified atom stereocenters. The molecule has 1 aliphatic heterocycles. The normalized spacial score (nSPS) is 15.9. The van der Waals surface area contributed by atoms with E-state index in [2.05, 4.69) is 5.10 Å². The van der Waals surface area contributed by atoms with Crippen molar-refractivity contribution in [3.63, 3.8) is 0 Å². The van der Waals surface area contributed by atoms with Crippen LogP contribution in [0.25, 0.3) is 0 Å². The standard InChI is InChI=1S/C21H22N2O5/c1-27-15-9-7-14(8-10-15)17-13-18(16-5-3-4-6-19(16)28-2)23(22-17)20(24)11-12-21(25)26/h3-10,18H,11-13H2,1-2H3,(H,25,26). The predicted octanol–water partition coefficient (Wildman–Crippen LogP) is 3.25. The average Bonchev–Trinajstić information content (AvgIpc) is 3.17. The number of amides is 1. The fourth-order valence-electron chi connectivity index (χ4n) is 3.21. The Morgan fingerprint density at radius 2 is 1.79 bits per heavy atom. The molecule has 1 heterocycles. The summed E-state index contributed by atoms with van der Waals surface area (Å²) in [5, 5.41) is 14.8. The summed E-state index contributed by atoms with van der Waals surface area (Å²) in [5.74, 6) is 0.0512. The summed E-state index contributed by atoms with van der Waals surface area (Å²) in [5.41, 5.74) is 2.47. The van der Waals surface area contributed by atoms with Crippen molar-refractivity contribution in [3.8, 4) is 11.5 Å². The Kier molecular flexibility index (Phi) is 5.93. The first-order valence-corrected chi connectivity index (χ1v) is 8.92. The van der Waals surface area contributed by atoms with Gasteiger partial charge in [-0.1, -0.05) is 18.2 Å². The molecule has 0 spiro atoms. The van der Waals surface area contributed by atoms with Crippen molar-refractivity contribution in [2.24, 2.45) is 5.10 Å². The number of carbonyl (C=O) groups excluding carboxylic acids is 1. The van der Waals surface area contributed by atoms with Gasteiger partial charge in [0.05, 0.1) is 32.4 Å². The van der Waals surface area contributed by atoms with E-state index in [9.17, 15) is 9.59 Å². The molecule has 1 N–H and O–H groups in total. The number of carboxylic acids is 1. The maximum atomic E-state index is 12.7. The first-order chi connectivity index (χ1) is 13.5. The lowest BCUT2D eigenvalue weighted by Gasteiger charge is -2.23. The first kappa shape index (κ1) is 19.4. The largest absolute Gasteiger partial charge is 0.497 e. The van der Waals surface area contributed by atoms with E-state index in [1.165, 1.54) is 5.01 Å². The van der Waals surface area contributed by atoms with Crippen LogP contribution in [0, 0.1) is 0 Å². The molecule has 146 valence electrons. The molecule has 1 aliphatic rings. The number of nitrogens with zero attached hydrogens (tertiary/aromatic N) is 2. The number of hydrogen-bond acceptors (Lipinski definition) is 5. The van der Waals surface area contributed by atoms with E-state index >= 15 is 0 Å². The quantitative estimate of drug-likeness (QED) is 0.794. The predicted molar refractivity (Wildman–Crippen MR) is 104 cm³/mol. The topological polar surface area (TPSA) is 88.4 Å². The third kappa shape index (κ3) is 4.14. The smallest absolute Gasteiger partial charge is 0.303 e. The van der Waals surface area contributed by atoms with Crippen LogP contribution >= 0.6 is 0 Å². The number of hydrogen-bond donors (Lipinski definition) is 1. The Morgan fingerprint density at radius 3 is 2.43 bits per heavy atom. The first-order valence-electron chi connectivity index (χ1n) is 8.92. The Hall–Kier alpha value is -3.35. The van der Waals surface area contributed by atoms with Crippen molar-refractivity contribution < 1.29 is 24.2 Å². The van der Waals surface area contributed by atoms with E-state index in [0.29, 0.717) is 12.2 Å². The fraction of sp³-hybridized carbons (Fsp3) is 0.286. The van der Waals surface area contributed by atoms with Crippen molar-refractivity contribution in [1.82, 2.24) is 5.01 Å². The number of para-hydroxylation sites is 1. The molecule has 1 amide bonds. The highest BCUT2D eigenvalue weighted by Gasteiger charge is 2.34. The van der Waals surface area contributed by atoms with Gasteiger partial charge < -0.3 is 14.6 Å². The van der Waals surface area contributed by atoms with Crippen LogP contribution in [0.3, 0.4) is 0 Å². The van der Waals surface area contributed by atoms with Gasteiger partial charge in [-0.3, -0.25) is 9.59 Å². The van der Waals surface area contributed by atoms with E-state index in [0.717, 1.165) is 22.6 Å². The van der Waals surface area contributed by atoms with Gasteiger partial charge in [-0.2, -0.15) is 5.10 Å². The summed E-state index contributed by atoms with van der Waals surface area (Å²) < 4.78 is 10.6. The molecule has 0 aliphatic carbocycles. The molecule has 0 saturated carbocycles. The molecule has 2 aromatic rings. The summed E-state index contributed by atoms with van der Waals surface area (Å²) in [6.45, 7) is 0. The van der Waals surface area contributed by atoms with E-state index < -0.39 is 5.97 Å². The van der Waals surface area contributed by atoms with Crippen molar-refractivity contribution in [1.29, 1.82) is 0 Å². The van der Waals surface area contributed by atoms with Crippen LogP contribution in [0.2, 0.25) is 0 Å². The number of methoxy groups -OCH3 is 2. The van der Waals surface area contributed by atoms with E-state index in [4.69, 9.17) is 14.6 Å². The zero-order valence-electron chi connectivity index (χ0n) is 15.8. The van der Waals surface area contributed by atoms with Gasteiger partial charge >= 0.3 is 5.97 Å². The van der Waals surface area contributed by atoms with Gasteiger partial charge in [-0.05, 0) is 35.9 Å². The minimum Gasteiger partial charge on any atom is -0.497 e. The van der Waals surface area contributed by atoms with Crippen LogP contribution in [0.15, 0.2) is 53.6 Å². The minimum atomic E-state index is -1.01. The highest BCUT2D eigenvalue weighted by atomic mass is 16.5. The van der Waals surface area contributed by atoms with E-state index in [-0.39, 0.29) is 24.8 Å². The zero-order valence-corrected chi connectivity index (χ0v) is 15.8. The number of rotatable bonds is 7. The van der Waals surface area contributed by atoms with Crippen LogP contribution in [-0.4, -0.2) is 41.9 Å². The van der Waals surface area contributed by atoms with Crippen molar-refractivity contribution in [2.45, 2.75) is 25.3 Å². The fourth-order valence-corrected chi connectivity index (χ4v) is 3.21. The summed E-state index contributed by atoms with van der Waals surface area (Å²) in [7, 11) is 3.18. The van der Waals surface area contributed by atoms with Gasteiger partial charge in [-0.25, -0.2) is 5.01 Å². The van der Waals surface area contributed by atoms with Crippen molar-refractivity contribution in [3.05, 3.63) is 59.7 Å². The summed E-state index contributed by atoms with van der Waals surface area (Å²) in [4.78, 5) is 23.6. The number of hydrazone groups is 1. The van der Waals surface area contributed by atoms with Crippen molar-refractivity contribution in [2.75, 3.05) is 14.2 Å². The van der Waals surface area contributed by atoms with Gasteiger partial charge in [0.15, 0.2) is 0 Å². The molecule has 7 nitrogen and oxygen atoms in total.